The van der Waals surface area contributed by atoms with Crippen LogP contribution in [0, 0.1) is 6.92 Å². The number of rotatable bonds is 7. The van der Waals surface area contributed by atoms with E-state index in [9.17, 15) is 65.9 Å². The topological polar surface area (TPSA) is 26.3 Å². The van der Waals surface area contributed by atoms with E-state index in [1.54, 1.807) is 12.1 Å². The van der Waals surface area contributed by atoms with E-state index in [0.717, 1.165) is 33.9 Å². The van der Waals surface area contributed by atoms with Crippen LogP contribution in [0.2, 0.25) is 0 Å². The molecule has 0 N–H and O–H groups in total. The van der Waals surface area contributed by atoms with Crippen molar-refractivity contribution >= 4 is 65.4 Å². The molecule has 0 saturated carbocycles. The summed E-state index contributed by atoms with van der Waals surface area (Å²) in [7, 11) is 0. The lowest BCUT2D eigenvalue weighted by molar-refractivity contribution is -0.452. The Kier molecular flexibility index (Phi) is 7.27. The molecule has 0 aliphatic rings. The van der Waals surface area contributed by atoms with E-state index in [4.69, 9.17) is 8.83 Å². The molecule has 2 nitrogen and oxygen atoms in total. The molecule has 5 aromatic carbocycles. The first-order valence-electron chi connectivity index (χ1n) is 14.8. The maximum atomic E-state index is 14.7. The van der Waals surface area contributed by atoms with Gasteiger partial charge in [-0.2, -0.15) is 65.9 Å². The molecule has 0 aliphatic carbocycles. The second-order valence-corrected chi connectivity index (χ2v) is 12.5. The molecule has 2 heterocycles. The largest absolute Gasteiger partial charge is 0.460 e. The third kappa shape index (κ3) is 4.75. The van der Waals surface area contributed by atoms with E-state index in [-0.39, 0.29) is 16.4 Å². The van der Waals surface area contributed by atoms with Crippen LogP contribution in [0.5, 0.6) is 0 Å². The molecular weight excluding hydrogens is 737 g/mol. The van der Waals surface area contributed by atoms with E-state index in [1.165, 1.54) is 12.1 Å². The molecule has 0 bridgehead atoms. The number of fused-ring (bicyclic) bond motifs is 8. The van der Waals surface area contributed by atoms with Crippen molar-refractivity contribution < 1.29 is 74.7 Å². The number of aryl methyl sites for hydroxylation is 1. The first-order valence-corrected chi connectivity index (χ1v) is 14.8. The SMILES string of the molecule is Cc1ccc2cc3oc4cc5c(cc4c3cc2c1)oc1cc2ccc(CC(F)(F)C(F)(F)C(F)(F)C(F)(F)C(F)(F)C(F)(F)C(F)(F)F)cc2cc15. The molecule has 0 fully saturated rings. The monoisotopic (exact) mass is 754 g/mol. The number of furan rings is 2. The van der Waals surface area contributed by atoms with Gasteiger partial charge < -0.3 is 8.83 Å². The van der Waals surface area contributed by atoms with Crippen molar-refractivity contribution in [2.75, 3.05) is 0 Å². The zero-order chi connectivity index (χ0) is 38.2. The van der Waals surface area contributed by atoms with Crippen LogP contribution < -0.4 is 0 Å². The minimum Gasteiger partial charge on any atom is -0.456 e. The highest BCUT2D eigenvalue weighted by atomic mass is 19.4. The molecule has 0 unspecified atom stereocenters. The van der Waals surface area contributed by atoms with Crippen LogP contribution in [0.15, 0.2) is 81.6 Å². The Morgan fingerprint density at radius 3 is 1.31 bits per heavy atom. The van der Waals surface area contributed by atoms with Crippen LogP contribution in [0.3, 0.4) is 0 Å². The lowest BCUT2D eigenvalue weighted by atomic mass is 9.88. The van der Waals surface area contributed by atoms with Gasteiger partial charge in [-0.1, -0.05) is 42.0 Å². The van der Waals surface area contributed by atoms with Crippen LogP contribution in [0.25, 0.3) is 65.4 Å². The Bertz CT molecular complexity index is 2580. The van der Waals surface area contributed by atoms with Gasteiger partial charge in [0.2, 0.25) is 0 Å². The van der Waals surface area contributed by atoms with Gasteiger partial charge in [0.05, 0.1) is 0 Å². The Morgan fingerprint density at radius 2 is 0.808 bits per heavy atom. The molecule has 0 saturated heterocycles. The third-order valence-corrected chi connectivity index (χ3v) is 9.02. The number of alkyl halides is 15. The fraction of sp³-hybridized carbons (Fsp3) is 0.257. The van der Waals surface area contributed by atoms with E-state index in [2.05, 4.69) is 0 Å². The van der Waals surface area contributed by atoms with Gasteiger partial charge in [-0.15, -0.1) is 0 Å². The van der Waals surface area contributed by atoms with Gasteiger partial charge in [0.1, 0.15) is 22.3 Å². The summed E-state index contributed by atoms with van der Waals surface area (Å²) in [5.74, 6) is -46.8. The molecule has 0 aliphatic heterocycles. The zero-order valence-corrected chi connectivity index (χ0v) is 25.6. The van der Waals surface area contributed by atoms with Crippen LogP contribution in [0.4, 0.5) is 65.9 Å². The Morgan fingerprint density at radius 1 is 0.404 bits per heavy atom. The molecule has 17 heteroatoms. The van der Waals surface area contributed by atoms with E-state index in [0.29, 0.717) is 39.0 Å². The van der Waals surface area contributed by atoms with Crippen molar-refractivity contribution in [2.24, 2.45) is 0 Å². The summed E-state index contributed by atoms with van der Waals surface area (Å²) in [6.45, 7) is 1.93. The van der Waals surface area contributed by atoms with Crippen molar-refractivity contribution in [3.05, 3.63) is 83.9 Å². The maximum absolute atomic E-state index is 14.7. The summed E-state index contributed by atoms with van der Waals surface area (Å²) in [5.41, 5.74) is 1.65. The average Bonchev–Trinajstić information content (AvgIpc) is 3.56. The maximum Gasteiger partial charge on any atom is 0.460 e. The first-order chi connectivity index (χ1) is 23.8. The molecule has 0 radical (unpaired) electrons. The second-order valence-electron chi connectivity index (χ2n) is 12.5. The molecule has 274 valence electrons. The van der Waals surface area contributed by atoms with Gasteiger partial charge in [0.15, 0.2) is 0 Å². The van der Waals surface area contributed by atoms with Crippen molar-refractivity contribution in [1.29, 1.82) is 0 Å². The smallest absolute Gasteiger partial charge is 0.456 e. The van der Waals surface area contributed by atoms with Gasteiger partial charge in [-0.05, 0) is 70.4 Å². The van der Waals surface area contributed by atoms with Gasteiger partial charge in [0.25, 0.3) is 0 Å². The predicted octanol–water partition coefficient (Wildman–Crippen LogP) is 13.0. The standard InChI is InChI=1S/C35H17F15O2/c1-15-2-4-17-10-25-21(8-19(17)6-15)23-12-28-24(13-27(23)51-25)22-9-20-7-16(3-5-18(20)11-26(22)52-28)14-29(36,37)30(38,39)31(40,41)32(42,43)33(44,45)34(46,47)35(48,49)50/h2-13H,14H2,1H3. The summed E-state index contributed by atoms with van der Waals surface area (Å²) >= 11 is 0. The molecule has 7 aromatic rings. The molecule has 2 aromatic heterocycles. The highest BCUT2D eigenvalue weighted by molar-refractivity contribution is 6.18. The van der Waals surface area contributed by atoms with Crippen LogP contribution in [0.1, 0.15) is 11.1 Å². The number of benzene rings is 5. The number of hydrogen-bond acceptors (Lipinski definition) is 2. The molecule has 7 rings (SSSR count). The molecule has 0 spiro atoms. The second kappa shape index (κ2) is 10.6. The Hall–Kier alpha value is -4.83. The summed E-state index contributed by atoms with van der Waals surface area (Å²) in [6.07, 6.45) is -10.2. The highest BCUT2D eigenvalue weighted by Gasteiger charge is 2.93. The molecular formula is C35H17F15O2. The van der Waals surface area contributed by atoms with Crippen LogP contribution in [-0.2, 0) is 6.42 Å². The lowest BCUT2D eigenvalue weighted by Gasteiger charge is -2.41. The normalized spacial score (nSPS) is 14.6. The Labute approximate surface area is 279 Å². The van der Waals surface area contributed by atoms with Crippen molar-refractivity contribution in [3.63, 3.8) is 0 Å². The van der Waals surface area contributed by atoms with Gasteiger partial charge >= 0.3 is 41.7 Å². The minimum atomic E-state index is -8.33. The molecule has 52 heavy (non-hydrogen) atoms. The van der Waals surface area contributed by atoms with Gasteiger partial charge in [-0.25, -0.2) is 0 Å². The average molecular weight is 754 g/mol. The quantitative estimate of drug-likeness (QED) is 0.152. The summed E-state index contributed by atoms with van der Waals surface area (Å²) in [6, 6.07) is 18.2. The molecule has 0 atom stereocenters. The highest BCUT2D eigenvalue weighted by Crippen LogP contribution is 2.62. The fourth-order valence-corrected chi connectivity index (χ4v) is 6.18. The van der Waals surface area contributed by atoms with E-state index >= 15 is 0 Å². The predicted molar refractivity (Wildman–Crippen MR) is 160 cm³/mol. The summed E-state index contributed by atoms with van der Waals surface area (Å²) in [4.78, 5) is 0. The van der Waals surface area contributed by atoms with E-state index in [1.807, 2.05) is 37.3 Å². The Balaban J connectivity index is 1.26. The van der Waals surface area contributed by atoms with Crippen molar-refractivity contribution in [2.45, 2.75) is 55.1 Å². The van der Waals surface area contributed by atoms with Crippen molar-refractivity contribution in [3.8, 4) is 0 Å². The van der Waals surface area contributed by atoms with Crippen LogP contribution >= 0.6 is 0 Å². The van der Waals surface area contributed by atoms with E-state index < -0.39 is 53.7 Å². The van der Waals surface area contributed by atoms with Gasteiger partial charge in [0, 0.05) is 28.0 Å². The molecule has 0 amide bonds. The van der Waals surface area contributed by atoms with Gasteiger partial charge in [-0.3, -0.25) is 0 Å². The lowest BCUT2D eigenvalue weighted by Crippen LogP contribution is -2.72. The third-order valence-electron chi connectivity index (χ3n) is 9.02. The zero-order valence-electron chi connectivity index (χ0n) is 25.6. The fourth-order valence-electron chi connectivity index (χ4n) is 6.18. The first kappa shape index (κ1) is 35.6. The summed E-state index contributed by atoms with van der Waals surface area (Å²) < 4.78 is 218. The minimum absolute atomic E-state index is 0.00779. The van der Waals surface area contributed by atoms with Crippen molar-refractivity contribution in [1.82, 2.24) is 0 Å². The number of hydrogen-bond donors (Lipinski definition) is 0. The number of halogens is 15. The summed E-state index contributed by atoms with van der Waals surface area (Å²) in [5, 5.41) is 4.28. The van der Waals surface area contributed by atoms with Crippen LogP contribution in [-0.4, -0.2) is 41.7 Å².